The standard InChI is InChI=1S/C9H8BrClO3/c1-14-6-3-2-5(4-10)8(11)7(6)9(12)13/h2-3H,4H2,1H3,(H,12,13). The largest absolute Gasteiger partial charge is 0.496 e. The second-order valence-electron chi connectivity index (χ2n) is 2.55. The fraction of sp³-hybridized carbons (Fsp3) is 0.222. The summed E-state index contributed by atoms with van der Waals surface area (Å²) in [6, 6.07) is 3.31. The van der Waals surface area contributed by atoms with Gasteiger partial charge < -0.3 is 9.84 Å². The molecule has 76 valence electrons. The van der Waals surface area contributed by atoms with Crippen molar-refractivity contribution in [2.75, 3.05) is 7.11 Å². The van der Waals surface area contributed by atoms with Crippen LogP contribution in [-0.2, 0) is 5.33 Å². The summed E-state index contributed by atoms with van der Waals surface area (Å²) in [6.07, 6.45) is 0. The molecule has 1 aromatic carbocycles. The highest BCUT2D eigenvalue weighted by Crippen LogP contribution is 2.30. The molecule has 0 heterocycles. The van der Waals surface area contributed by atoms with Crippen LogP contribution in [0, 0.1) is 0 Å². The molecule has 1 rings (SSSR count). The molecule has 0 aliphatic rings. The minimum atomic E-state index is -1.09. The molecule has 0 fully saturated rings. The van der Waals surface area contributed by atoms with Crippen molar-refractivity contribution >= 4 is 33.5 Å². The van der Waals surface area contributed by atoms with Crippen LogP contribution in [-0.4, -0.2) is 18.2 Å². The molecule has 5 heteroatoms. The van der Waals surface area contributed by atoms with E-state index in [1.807, 2.05) is 0 Å². The van der Waals surface area contributed by atoms with Gasteiger partial charge in [-0.15, -0.1) is 0 Å². The Morgan fingerprint density at radius 1 is 1.64 bits per heavy atom. The maximum Gasteiger partial charge on any atom is 0.341 e. The Hall–Kier alpha value is -0.740. The summed E-state index contributed by atoms with van der Waals surface area (Å²) in [4.78, 5) is 10.9. The minimum Gasteiger partial charge on any atom is -0.496 e. The predicted molar refractivity (Wildman–Crippen MR) is 57.6 cm³/mol. The highest BCUT2D eigenvalue weighted by atomic mass is 79.9. The van der Waals surface area contributed by atoms with Crippen molar-refractivity contribution in [2.24, 2.45) is 0 Å². The molecule has 0 unspecified atom stereocenters. The van der Waals surface area contributed by atoms with Crippen LogP contribution >= 0.6 is 27.5 Å². The molecule has 1 aromatic rings. The molecule has 0 spiro atoms. The topological polar surface area (TPSA) is 46.5 Å². The van der Waals surface area contributed by atoms with Gasteiger partial charge in [-0.05, 0) is 11.6 Å². The Labute approximate surface area is 94.8 Å². The number of carboxylic acid groups (broad SMARTS) is 1. The van der Waals surface area contributed by atoms with Crippen LogP contribution in [0.4, 0.5) is 0 Å². The molecule has 0 aromatic heterocycles. The average Bonchev–Trinajstić information content (AvgIpc) is 2.16. The van der Waals surface area contributed by atoms with E-state index < -0.39 is 5.97 Å². The number of alkyl halides is 1. The summed E-state index contributed by atoms with van der Waals surface area (Å²) >= 11 is 9.12. The zero-order valence-corrected chi connectivity index (χ0v) is 9.72. The third kappa shape index (κ3) is 2.01. The third-order valence-electron chi connectivity index (χ3n) is 1.76. The van der Waals surface area contributed by atoms with Crippen molar-refractivity contribution in [1.82, 2.24) is 0 Å². The lowest BCUT2D eigenvalue weighted by Gasteiger charge is -2.09. The van der Waals surface area contributed by atoms with Crippen molar-refractivity contribution in [2.45, 2.75) is 5.33 Å². The molecular formula is C9H8BrClO3. The summed E-state index contributed by atoms with van der Waals surface area (Å²) in [7, 11) is 1.41. The van der Waals surface area contributed by atoms with Crippen LogP contribution in [0.25, 0.3) is 0 Å². The lowest BCUT2D eigenvalue weighted by Crippen LogP contribution is -2.03. The van der Waals surface area contributed by atoms with Gasteiger partial charge >= 0.3 is 5.97 Å². The molecule has 0 radical (unpaired) electrons. The first-order chi connectivity index (χ1) is 6.61. The maximum absolute atomic E-state index is 10.9. The molecule has 3 nitrogen and oxygen atoms in total. The molecule has 1 N–H and O–H groups in total. The Balaban J connectivity index is 3.39. The number of aromatic carboxylic acids is 1. The number of methoxy groups -OCH3 is 1. The number of ether oxygens (including phenoxy) is 1. The quantitative estimate of drug-likeness (QED) is 0.865. The van der Waals surface area contributed by atoms with Gasteiger partial charge in [0, 0.05) is 5.33 Å². The number of benzene rings is 1. The third-order valence-corrected chi connectivity index (χ3v) is 2.80. The van der Waals surface area contributed by atoms with Crippen molar-refractivity contribution < 1.29 is 14.6 Å². The van der Waals surface area contributed by atoms with Gasteiger partial charge in [0.2, 0.25) is 0 Å². The molecule has 14 heavy (non-hydrogen) atoms. The Bertz CT molecular complexity index is 365. The van der Waals surface area contributed by atoms with E-state index in [-0.39, 0.29) is 16.3 Å². The first-order valence-corrected chi connectivity index (χ1v) is 5.26. The monoisotopic (exact) mass is 278 g/mol. The second kappa shape index (κ2) is 4.66. The molecule has 0 saturated carbocycles. The highest BCUT2D eigenvalue weighted by Gasteiger charge is 2.17. The first kappa shape index (κ1) is 11.3. The minimum absolute atomic E-state index is 0.00566. The van der Waals surface area contributed by atoms with Gasteiger partial charge in [0.05, 0.1) is 12.1 Å². The van der Waals surface area contributed by atoms with E-state index in [1.54, 1.807) is 12.1 Å². The molecule has 0 bridgehead atoms. The lowest BCUT2D eigenvalue weighted by molar-refractivity contribution is 0.0693. The first-order valence-electron chi connectivity index (χ1n) is 3.76. The highest BCUT2D eigenvalue weighted by molar-refractivity contribution is 9.08. The smallest absolute Gasteiger partial charge is 0.341 e. The van der Waals surface area contributed by atoms with Gasteiger partial charge in [0.15, 0.2) is 0 Å². The Morgan fingerprint density at radius 2 is 2.29 bits per heavy atom. The molecule has 0 amide bonds. The van der Waals surface area contributed by atoms with Crippen molar-refractivity contribution in [3.8, 4) is 5.75 Å². The molecule has 0 aliphatic heterocycles. The van der Waals surface area contributed by atoms with E-state index in [0.29, 0.717) is 5.33 Å². The van der Waals surface area contributed by atoms with Crippen molar-refractivity contribution in [3.63, 3.8) is 0 Å². The van der Waals surface area contributed by atoms with Gasteiger partial charge in [0.1, 0.15) is 11.3 Å². The SMILES string of the molecule is COc1ccc(CBr)c(Cl)c1C(=O)O. The van der Waals surface area contributed by atoms with Crippen LogP contribution in [0.3, 0.4) is 0 Å². The number of carbonyl (C=O) groups is 1. The van der Waals surface area contributed by atoms with E-state index in [0.717, 1.165) is 5.56 Å². The number of carboxylic acids is 1. The summed E-state index contributed by atoms with van der Waals surface area (Å²) in [5.74, 6) is -0.818. The van der Waals surface area contributed by atoms with Crippen LogP contribution in [0.15, 0.2) is 12.1 Å². The van der Waals surface area contributed by atoms with Crippen molar-refractivity contribution in [3.05, 3.63) is 28.3 Å². The normalized spacial score (nSPS) is 9.93. The molecule has 0 aliphatic carbocycles. The molecular weight excluding hydrogens is 271 g/mol. The zero-order chi connectivity index (χ0) is 10.7. The Kier molecular flexibility index (Phi) is 3.77. The number of halogens is 2. The number of hydrogen-bond acceptors (Lipinski definition) is 2. The number of hydrogen-bond donors (Lipinski definition) is 1. The lowest BCUT2D eigenvalue weighted by atomic mass is 10.1. The van der Waals surface area contributed by atoms with Gasteiger partial charge in [-0.3, -0.25) is 0 Å². The van der Waals surface area contributed by atoms with Crippen molar-refractivity contribution in [1.29, 1.82) is 0 Å². The average molecular weight is 280 g/mol. The van der Waals surface area contributed by atoms with Gasteiger partial charge in [-0.2, -0.15) is 0 Å². The summed E-state index contributed by atoms with van der Waals surface area (Å²) < 4.78 is 4.91. The van der Waals surface area contributed by atoms with Gasteiger partial charge in [0.25, 0.3) is 0 Å². The Morgan fingerprint density at radius 3 is 2.71 bits per heavy atom. The summed E-state index contributed by atoms with van der Waals surface area (Å²) in [6.45, 7) is 0. The molecule has 0 atom stereocenters. The summed E-state index contributed by atoms with van der Waals surface area (Å²) in [5.41, 5.74) is 0.732. The van der Waals surface area contributed by atoms with E-state index >= 15 is 0 Å². The number of rotatable bonds is 3. The van der Waals surface area contributed by atoms with Crippen LogP contribution in [0.1, 0.15) is 15.9 Å². The van der Waals surface area contributed by atoms with Crippen LogP contribution in [0.5, 0.6) is 5.75 Å². The fourth-order valence-electron chi connectivity index (χ4n) is 1.07. The van der Waals surface area contributed by atoms with E-state index in [9.17, 15) is 4.79 Å². The van der Waals surface area contributed by atoms with Crippen LogP contribution < -0.4 is 4.74 Å². The van der Waals surface area contributed by atoms with E-state index in [2.05, 4.69) is 15.9 Å². The fourth-order valence-corrected chi connectivity index (χ4v) is 2.01. The predicted octanol–water partition coefficient (Wildman–Crippen LogP) is 2.94. The zero-order valence-electron chi connectivity index (χ0n) is 7.38. The van der Waals surface area contributed by atoms with E-state index in [4.69, 9.17) is 21.4 Å². The maximum atomic E-state index is 10.9. The van der Waals surface area contributed by atoms with Crippen LogP contribution in [0.2, 0.25) is 5.02 Å². The summed E-state index contributed by atoms with van der Waals surface area (Å²) in [5, 5.41) is 9.64. The van der Waals surface area contributed by atoms with Gasteiger partial charge in [-0.25, -0.2) is 4.79 Å². The second-order valence-corrected chi connectivity index (χ2v) is 3.49. The molecule has 0 saturated heterocycles. The van der Waals surface area contributed by atoms with Gasteiger partial charge in [-0.1, -0.05) is 33.6 Å². The van der Waals surface area contributed by atoms with E-state index in [1.165, 1.54) is 7.11 Å².